The first kappa shape index (κ1) is 17.0. The maximum atomic E-state index is 12.6. The number of pyridine rings is 1. The van der Waals surface area contributed by atoms with Crippen LogP contribution in [0.5, 0.6) is 5.75 Å². The topological polar surface area (TPSA) is 88.2 Å². The van der Waals surface area contributed by atoms with Crippen molar-refractivity contribution >= 4 is 23.4 Å². The highest BCUT2D eigenvalue weighted by Crippen LogP contribution is 2.28. The maximum absolute atomic E-state index is 12.6. The molecule has 1 amide bonds. The lowest BCUT2D eigenvalue weighted by atomic mass is 10.2. The molecule has 3 rings (SSSR count). The fraction of sp³-hybridized carbons (Fsp3) is 0.167. The van der Waals surface area contributed by atoms with E-state index < -0.39 is 0 Å². The third-order valence-electron chi connectivity index (χ3n) is 3.70. The summed E-state index contributed by atoms with van der Waals surface area (Å²) in [7, 11) is 0. The molecule has 1 aromatic carbocycles. The van der Waals surface area contributed by atoms with Gasteiger partial charge >= 0.3 is 0 Å². The average Bonchev–Trinajstić information content (AvgIpc) is 2.93. The Morgan fingerprint density at radius 2 is 2.04 bits per heavy atom. The van der Waals surface area contributed by atoms with Gasteiger partial charge in [-0.15, -0.1) is 11.8 Å². The van der Waals surface area contributed by atoms with Crippen molar-refractivity contribution in [3.8, 4) is 5.75 Å². The number of aromatic nitrogens is 2. The molecule has 2 aromatic heterocycles. The average molecular weight is 355 g/mol. The number of nitrogens with zero attached hydrogens (tertiary/aromatic N) is 2. The Morgan fingerprint density at radius 3 is 2.76 bits per heavy atom. The van der Waals surface area contributed by atoms with Crippen molar-refractivity contribution in [3.63, 3.8) is 0 Å². The number of rotatable bonds is 5. The van der Waals surface area contributed by atoms with Crippen molar-refractivity contribution in [2.45, 2.75) is 24.6 Å². The lowest BCUT2D eigenvalue weighted by molar-refractivity contribution is 0.102. The lowest BCUT2D eigenvalue weighted by Crippen LogP contribution is -2.13. The van der Waals surface area contributed by atoms with E-state index in [2.05, 4.69) is 15.5 Å². The molecule has 2 heterocycles. The number of benzene rings is 1. The minimum absolute atomic E-state index is 0.0182. The van der Waals surface area contributed by atoms with E-state index in [0.29, 0.717) is 22.0 Å². The van der Waals surface area contributed by atoms with Gasteiger partial charge in [0.2, 0.25) is 0 Å². The quantitative estimate of drug-likeness (QED) is 0.532. The second kappa shape index (κ2) is 7.40. The van der Waals surface area contributed by atoms with Gasteiger partial charge < -0.3 is 14.9 Å². The van der Waals surface area contributed by atoms with E-state index in [9.17, 15) is 9.90 Å². The molecule has 0 radical (unpaired) electrons. The molecule has 0 aliphatic heterocycles. The lowest BCUT2D eigenvalue weighted by Gasteiger charge is -2.10. The molecule has 2 N–H and O–H groups in total. The highest BCUT2D eigenvalue weighted by molar-refractivity contribution is 7.98. The first-order valence-corrected chi connectivity index (χ1v) is 8.63. The van der Waals surface area contributed by atoms with Gasteiger partial charge in [0.05, 0.1) is 16.9 Å². The second-order valence-electron chi connectivity index (χ2n) is 5.42. The summed E-state index contributed by atoms with van der Waals surface area (Å²) in [6, 6.07) is 10.0. The molecule has 0 saturated carbocycles. The highest BCUT2D eigenvalue weighted by atomic mass is 32.2. The number of nitrogens with one attached hydrogen (secondary N) is 1. The summed E-state index contributed by atoms with van der Waals surface area (Å²) >= 11 is 1.44. The number of aromatic hydroxyl groups is 1. The third-order valence-corrected chi connectivity index (χ3v) is 4.73. The molecule has 0 saturated heterocycles. The molecule has 7 heteroatoms. The van der Waals surface area contributed by atoms with Gasteiger partial charge in [-0.3, -0.25) is 4.79 Å². The van der Waals surface area contributed by atoms with Gasteiger partial charge in [0.15, 0.2) is 0 Å². The predicted molar refractivity (Wildman–Crippen MR) is 95.8 cm³/mol. The van der Waals surface area contributed by atoms with Crippen LogP contribution in [0.25, 0.3) is 0 Å². The van der Waals surface area contributed by atoms with Gasteiger partial charge in [-0.2, -0.15) is 0 Å². The standard InChI is InChI=1S/C18H17N3O3S/c1-11-14(12(2)24-21-11)10-25-18-13(6-5-9-19-18)17(23)20-15-7-3-4-8-16(15)22/h3-9,22H,10H2,1-2H3,(H,20,23). The van der Waals surface area contributed by atoms with Crippen LogP contribution in [0.2, 0.25) is 0 Å². The zero-order valence-electron chi connectivity index (χ0n) is 13.8. The van der Waals surface area contributed by atoms with Crippen molar-refractivity contribution in [1.82, 2.24) is 10.1 Å². The van der Waals surface area contributed by atoms with Crippen molar-refractivity contribution in [1.29, 1.82) is 0 Å². The van der Waals surface area contributed by atoms with E-state index in [0.717, 1.165) is 17.0 Å². The molecule has 0 unspecified atom stereocenters. The van der Waals surface area contributed by atoms with Crippen LogP contribution in [0.1, 0.15) is 27.4 Å². The van der Waals surface area contributed by atoms with Crippen molar-refractivity contribution < 1.29 is 14.4 Å². The second-order valence-corrected chi connectivity index (χ2v) is 6.38. The molecule has 0 aliphatic rings. The molecule has 3 aromatic rings. The van der Waals surface area contributed by atoms with Gasteiger partial charge in [0.25, 0.3) is 5.91 Å². The number of amides is 1. The Morgan fingerprint density at radius 1 is 1.24 bits per heavy atom. The van der Waals surface area contributed by atoms with Gasteiger partial charge in [-0.05, 0) is 38.1 Å². The monoisotopic (exact) mass is 355 g/mol. The number of thioether (sulfide) groups is 1. The van der Waals surface area contributed by atoms with Crippen LogP contribution in [-0.2, 0) is 5.75 Å². The van der Waals surface area contributed by atoms with Crippen molar-refractivity contribution in [2.24, 2.45) is 0 Å². The Balaban J connectivity index is 1.79. The Kier molecular flexibility index (Phi) is 5.04. The van der Waals surface area contributed by atoms with Crippen molar-refractivity contribution in [3.05, 3.63) is 65.2 Å². The Hall–Kier alpha value is -2.80. The summed E-state index contributed by atoms with van der Waals surface area (Å²) < 4.78 is 5.16. The SMILES string of the molecule is Cc1noc(C)c1CSc1ncccc1C(=O)Nc1ccccc1O. The zero-order valence-corrected chi connectivity index (χ0v) is 14.6. The third kappa shape index (κ3) is 3.83. The Labute approximate surface area is 149 Å². The molecular weight excluding hydrogens is 338 g/mol. The number of para-hydroxylation sites is 2. The smallest absolute Gasteiger partial charge is 0.258 e. The van der Waals surface area contributed by atoms with Crippen LogP contribution in [-0.4, -0.2) is 21.2 Å². The maximum Gasteiger partial charge on any atom is 0.258 e. The van der Waals surface area contributed by atoms with E-state index in [1.807, 2.05) is 13.8 Å². The van der Waals surface area contributed by atoms with Crippen LogP contribution < -0.4 is 5.32 Å². The molecule has 128 valence electrons. The number of carbonyl (C=O) groups is 1. The molecule has 0 bridgehead atoms. The summed E-state index contributed by atoms with van der Waals surface area (Å²) in [5.41, 5.74) is 2.64. The van der Waals surface area contributed by atoms with E-state index in [-0.39, 0.29) is 11.7 Å². The number of carbonyl (C=O) groups excluding carboxylic acids is 1. The first-order chi connectivity index (χ1) is 12.1. The molecular formula is C18H17N3O3S. The van der Waals surface area contributed by atoms with Crippen LogP contribution in [0.15, 0.2) is 52.1 Å². The summed E-state index contributed by atoms with van der Waals surface area (Å²) in [6.45, 7) is 3.75. The minimum Gasteiger partial charge on any atom is -0.506 e. The van der Waals surface area contributed by atoms with Crippen LogP contribution in [0, 0.1) is 13.8 Å². The largest absolute Gasteiger partial charge is 0.506 e. The van der Waals surface area contributed by atoms with Gasteiger partial charge in [0, 0.05) is 17.5 Å². The van der Waals surface area contributed by atoms with Gasteiger partial charge in [-0.25, -0.2) is 4.98 Å². The molecule has 0 fully saturated rings. The van der Waals surface area contributed by atoms with Crippen LogP contribution in [0.4, 0.5) is 5.69 Å². The fourth-order valence-corrected chi connectivity index (χ4v) is 3.44. The molecule has 0 spiro atoms. The zero-order chi connectivity index (χ0) is 17.8. The summed E-state index contributed by atoms with van der Waals surface area (Å²) in [6.07, 6.45) is 1.65. The van der Waals surface area contributed by atoms with Crippen LogP contribution >= 0.6 is 11.8 Å². The minimum atomic E-state index is -0.323. The first-order valence-electron chi connectivity index (χ1n) is 7.65. The number of phenolic OH excluding ortho intramolecular Hbond substituents is 1. The van der Waals surface area contributed by atoms with Gasteiger partial charge in [0.1, 0.15) is 16.5 Å². The van der Waals surface area contributed by atoms with E-state index >= 15 is 0 Å². The summed E-state index contributed by atoms with van der Waals surface area (Å²) in [4.78, 5) is 16.9. The fourth-order valence-electron chi connectivity index (χ4n) is 2.30. The number of anilines is 1. The number of hydrogen-bond acceptors (Lipinski definition) is 6. The molecule has 25 heavy (non-hydrogen) atoms. The van der Waals surface area contributed by atoms with E-state index in [1.54, 1.807) is 36.5 Å². The molecule has 0 atom stereocenters. The van der Waals surface area contributed by atoms with E-state index in [1.165, 1.54) is 17.8 Å². The summed E-state index contributed by atoms with van der Waals surface area (Å²) in [5, 5.41) is 17.1. The predicted octanol–water partition coefficient (Wildman–Crippen LogP) is 3.94. The molecule has 6 nitrogen and oxygen atoms in total. The number of hydrogen-bond donors (Lipinski definition) is 2. The van der Waals surface area contributed by atoms with Crippen molar-refractivity contribution in [2.75, 3.05) is 5.32 Å². The summed E-state index contributed by atoms with van der Waals surface area (Å²) in [5.74, 6) is 1.07. The number of aryl methyl sites for hydroxylation is 2. The molecule has 0 aliphatic carbocycles. The van der Waals surface area contributed by atoms with E-state index in [4.69, 9.17) is 4.52 Å². The Bertz CT molecular complexity index is 889. The van der Waals surface area contributed by atoms with Crippen LogP contribution in [0.3, 0.4) is 0 Å². The van der Waals surface area contributed by atoms with Gasteiger partial charge in [-0.1, -0.05) is 17.3 Å². The number of phenols is 1. The highest BCUT2D eigenvalue weighted by Gasteiger charge is 2.16. The normalized spacial score (nSPS) is 10.6.